The summed E-state index contributed by atoms with van der Waals surface area (Å²) in [6.07, 6.45) is 2.71. The second-order valence-electron chi connectivity index (χ2n) is 6.47. The molecule has 0 N–H and O–H groups in total. The number of nitrogens with zero attached hydrogens (tertiary/aromatic N) is 1. The first-order valence-electron chi connectivity index (χ1n) is 9.40. The molecule has 1 heterocycles. The third-order valence-corrected chi connectivity index (χ3v) is 5.63. The van der Waals surface area contributed by atoms with Gasteiger partial charge in [0.2, 0.25) is 0 Å². The molecule has 0 aromatic heterocycles. The number of anilines is 1. The zero-order valence-electron chi connectivity index (χ0n) is 16.5. The zero-order chi connectivity index (χ0) is 21.0. The van der Waals surface area contributed by atoms with Crippen LogP contribution in [0.15, 0.2) is 47.4 Å². The predicted octanol–water partition coefficient (Wildman–Crippen LogP) is 5.81. The van der Waals surface area contributed by atoms with E-state index in [-0.39, 0.29) is 12.0 Å². The van der Waals surface area contributed by atoms with Crippen LogP contribution in [0.3, 0.4) is 0 Å². The monoisotopic (exact) mass is 431 g/mol. The summed E-state index contributed by atoms with van der Waals surface area (Å²) in [5, 5.41) is 0. The molecule has 1 amide bonds. The highest BCUT2D eigenvalue weighted by molar-refractivity contribution is 8.27. The van der Waals surface area contributed by atoms with Gasteiger partial charge in [-0.15, -0.1) is 0 Å². The lowest BCUT2D eigenvalue weighted by atomic mass is 10.1. The third-order valence-electron chi connectivity index (χ3n) is 4.33. The van der Waals surface area contributed by atoms with Crippen LogP contribution in [0.2, 0.25) is 0 Å². The Balaban J connectivity index is 1.88. The molecule has 29 heavy (non-hydrogen) atoms. The molecular formula is C22H22FNO3S2. The van der Waals surface area contributed by atoms with Crippen LogP contribution in [0.5, 0.6) is 11.5 Å². The van der Waals surface area contributed by atoms with Crippen LogP contribution in [-0.4, -0.2) is 22.9 Å². The van der Waals surface area contributed by atoms with E-state index in [2.05, 4.69) is 6.92 Å². The number of halogens is 1. The van der Waals surface area contributed by atoms with E-state index in [0.717, 1.165) is 12.0 Å². The predicted molar refractivity (Wildman–Crippen MR) is 120 cm³/mol. The van der Waals surface area contributed by atoms with Gasteiger partial charge in [0, 0.05) is 0 Å². The molecule has 0 radical (unpaired) electrons. The number of thioether (sulfide) groups is 1. The van der Waals surface area contributed by atoms with Gasteiger partial charge in [-0.3, -0.25) is 9.69 Å². The largest absolute Gasteiger partial charge is 0.490 e. The molecular weight excluding hydrogens is 409 g/mol. The second kappa shape index (κ2) is 9.41. The van der Waals surface area contributed by atoms with Crippen LogP contribution in [0.1, 0.15) is 32.8 Å². The molecule has 3 rings (SSSR count). The molecule has 1 saturated heterocycles. The van der Waals surface area contributed by atoms with E-state index in [1.807, 2.05) is 32.0 Å². The van der Waals surface area contributed by atoms with Crippen molar-refractivity contribution in [3.8, 4) is 11.5 Å². The summed E-state index contributed by atoms with van der Waals surface area (Å²) in [5.41, 5.74) is 1.22. The Kier molecular flexibility index (Phi) is 6.92. The highest BCUT2D eigenvalue weighted by Gasteiger charge is 2.33. The van der Waals surface area contributed by atoms with E-state index in [1.54, 1.807) is 18.2 Å². The molecule has 1 atom stereocenters. The van der Waals surface area contributed by atoms with E-state index in [0.29, 0.717) is 33.0 Å². The highest BCUT2D eigenvalue weighted by atomic mass is 32.2. The standard InChI is InChI=1S/C22H22FNO3S2/c1-4-14(3)27-18-10-9-15(11-19(18)26-5-2)12-20-21(25)24(22(28)29-20)17-8-6-7-16(23)13-17/h6-14H,4-5H2,1-3H3/b20-12-/t14-/m0/s1. The van der Waals surface area contributed by atoms with Gasteiger partial charge in [-0.1, -0.05) is 43.0 Å². The first-order chi connectivity index (χ1) is 13.9. The van der Waals surface area contributed by atoms with Crippen molar-refractivity contribution in [3.05, 3.63) is 58.8 Å². The topological polar surface area (TPSA) is 38.8 Å². The molecule has 0 bridgehead atoms. The number of hydrogen-bond acceptors (Lipinski definition) is 5. The minimum Gasteiger partial charge on any atom is -0.490 e. The summed E-state index contributed by atoms with van der Waals surface area (Å²) < 4.78 is 25.6. The molecule has 0 spiro atoms. The Morgan fingerprint density at radius 2 is 2.00 bits per heavy atom. The molecule has 2 aromatic carbocycles. The van der Waals surface area contributed by atoms with Gasteiger partial charge < -0.3 is 9.47 Å². The molecule has 152 valence electrons. The molecule has 0 aliphatic carbocycles. The average Bonchev–Trinajstić information content (AvgIpc) is 2.97. The van der Waals surface area contributed by atoms with Crippen molar-refractivity contribution in [2.75, 3.05) is 11.5 Å². The lowest BCUT2D eigenvalue weighted by molar-refractivity contribution is -0.113. The molecule has 7 heteroatoms. The molecule has 1 fully saturated rings. The smallest absolute Gasteiger partial charge is 0.270 e. The van der Waals surface area contributed by atoms with Crippen LogP contribution in [0, 0.1) is 5.82 Å². The Labute approximate surface area is 179 Å². The Hall–Kier alpha value is -2.38. The molecule has 4 nitrogen and oxygen atoms in total. The van der Waals surface area contributed by atoms with Crippen molar-refractivity contribution >= 4 is 46.0 Å². The average molecular weight is 432 g/mol. The van der Waals surface area contributed by atoms with Crippen molar-refractivity contribution in [1.29, 1.82) is 0 Å². The number of thiocarbonyl (C=S) groups is 1. The van der Waals surface area contributed by atoms with Crippen LogP contribution in [-0.2, 0) is 4.79 Å². The summed E-state index contributed by atoms with van der Waals surface area (Å²) in [7, 11) is 0. The van der Waals surface area contributed by atoms with Gasteiger partial charge in [-0.25, -0.2) is 4.39 Å². The Morgan fingerprint density at radius 3 is 2.69 bits per heavy atom. The normalized spacial score (nSPS) is 16.4. The Morgan fingerprint density at radius 1 is 1.21 bits per heavy atom. The first kappa shape index (κ1) is 21.3. The maximum Gasteiger partial charge on any atom is 0.270 e. The zero-order valence-corrected chi connectivity index (χ0v) is 18.1. The fourth-order valence-corrected chi connectivity index (χ4v) is 4.04. The fraction of sp³-hybridized carbons (Fsp3) is 0.273. The van der Waals surface area contributed by atoms with Crippen LogP contribution in [0.4, 0.5) is 10.1 Å². The van der Waals surface area contributed by atoms with E-state index < -0.39 is 5.82 Å². The van der Waals surface area contributed by atoms with Gasteiger partial charge >= 0.3 is 0 Å². The van der Waals surface area contributed by atoms with E-state index in [4.69, 9.17) is 21.7 Å². The molecule has 0 saturated carbocycles. The summed E-state index contributed by atoms with van der Waals surface area (Å²) in [6, 6.07) is 11.4. The summed E-state index contributed by atoms with van der Waals surface area (Å²) >= 11 is 6.53. The van der Waals surface area contributed by atoms with Gasteiger partial charge in [0.25, 0.3) is 5.91 Å². The summed E-state index contributed by atoms with van der Waals surface area (Å²) in [6.45, 7) is 6.47. The molecule has 2 aromatic rings. The summed E-state index contributed by atoms with van der Waals surface area (Å²) in [5.74, 6) is 0.607. The van der Waals surface area contributed by atoms with Crippen LogP contribution in [0.25, 0.3) is 6.08 Å². The summed E-state index contributed by atoms with van der Waals surface area (Å²) in [4.78, 5) is 14.7. The van der Waals surface area contributed by atoms with Crippen LogP contribution < -0.4 is 14.4 Å². The first-order valence-corrected chi connectivity index (χ1v) is 10.6. The van der Waals surface area contributed by atoms with Crippen molar-refractivity contribution < 1.29 is 18.7 Å². The van der Waals surface area contributed by atoms with Gasteiger partial charge in [0.15, 0.2) is 15.8 Å². The highest BCUT2D eigenvalue weighted by Crippen LogP contribution is 2.37. The third kappa shape index (κ3) is 4.97. The number of carbonyl (C=O) groups is 1. The molecule has 1 aliphatic rings. The van der Waals surface area contributed by atoms with Gasteiger partial charge in [0.1, 0.15) is 5.82 Å². The fourth-order valence-electron chi connectivity index (χ4n) is 2.74. The lowest BCUT2D eigenvalue weighted by Crippen LogP contribution is -2.27. The molecule has 1 aliphatic heterocycles. The molecule has 0 unspecified atom stereocenters. The Bertz CT molecular complexity index is 961. The van der Waals surface area contributed by atoms with Gasteiger partial charge in [0.05, 0.1) is 23.3 Å². The van der Waals surface area contributed by atoms with E-state index in [1.165, 1.54) is 28.8 Å². The number of hydrogen-bond donors (Lipinski definition) is 0. The number of rotatable bonds is 7. The van der Waals surface area contributed by atoms with Crippen LogP contribution >= 0.6 is 24.0 Å². The maximum atomic E-state index is 13.6. The minimum absolute atomic E-state index is 0.0718. The van der Waals surface area contributed by atoms with Gasteiger partial charge in [-0.2, -0.15) is 0 Å². The van der Waals surface area contributed by atoms with Gasteiger partial charge in [-0.05, 0) is 62.2 Å². The van der Waals surface area contributed by atoms with Crippen molar-refractivity contribution in [3.63, 3.8) is 0 Å². The van der Waals surface area contributed by atoms with E-state index >= 15 is 0 Å². The van der Waals surface area contributed by atoms with Crippen molar-refractivity contribution in [2.24, 2.45) is 0 Å². The van der Waals surface area contributed by atoms with Crippen molar-refractivity contribution in [1.82, 2.24) is 0 Å². The van der Waals surface area contributed by atoms with E-state index in [9.17, 15) is 9.18 Å². The minimum atomic E-state index is -0.418. The lowest BCUT2D eigenvalue weighted by Gasteiger charge is -2.16. The number of benzene rings is 2. The number of ether oxygens (including phenoxy) is 2. The quantitative estimate of drug-likeness (QED) is 0.409. The number of carbonyl (C=O) groups excluding carboxylic acids is 1. The van der Waals surface area contributed by atoms with Crippen molar-refractivity contribution in [2.45, 2.75) is 33.3 Å². The second-order valence-corrected chi connectivity index (χ2v) is 8.15. The maximum absolute atomic E-state index is 13.6. The number of amides is 1. The SMILES string of the molecule is CCOc1cc(/C=C2\SC(=S)N(c3cccc(F)c3)C2=O)ccc1O[C@@H](C)CC.